The Morgan fingerprint density at radius 1 is 0.364 bits per heavy atom. The molecule has 0 spiro atoms. The van der Waals surface area contributed by atoms with E-state index >= 15 is 0 Å². The minimum atomic E-state index is 1.10. The number of hydrogen-bond donors (Lipinski definition) is 0. The summed E-state index contributed by atoms with van der Waals surface area (Å²) in [5, 5.41) is 0. The summed E-state index contributed by atoms with van der Waals surface area (Å²) < 4.78 is 4.43. The van der Waals surface area contributed by atoms with E-state index in [9.17, 15) is 0 Å². The molecule has 0 unspecified atom stereocenters. The van der Waals surface area contributed by atoms with Gasteiger partial charge in [0, 0.05) is 17.9 Å². The molecule has 3 aromatic carbocycles. The molecule has 0 radical (unpaired) electrons. The van der Waals surface area contributed by atoms with E-state index in [1.807, 2.05) is 48.5 Å². The molecule has 22 heavy (non-hydrogen) atoms. The second-order valence-corrected chi connectivity index (χ2v) is 7.79. The smallest absolute Gasteiger partial charge is 0.0317 e. The molecule has 0 atom stereocenters. The fraction of sp³-hybridized carbons (Fsp3) is 0. The van der Waals surface area contributed by atoms with E-state index in [2.05, 4.69) is 88.0 Å². The Hall–Kier alpha value is -0.420. The van der Waals surface area contributed by atoms with E-state index < -0.39 is 0 Å². The molecule has 0 aliphatic carbocycles. The zero-order chi connectivity index (χ0) is 15.9. The van der Waals surface area contributed by atoms with E-state index in [1.165, 1.54) is 11.1 Å². The van der Waals surface area contributed by atoms with Gasteiger partial charge in [0.25, 0.3) is 0 Å². The first-order valence-electron chi connectivity index (χ1n) is 6.49. The minimum Gasteiger partial charge on any atom is -0.0616 e. The van der Waals surface area contributed by atoms with Crippen LogP contribution in [0.1, 0.15) is 0 Å². The first kappa shape index (κ1) is 17.9. The molecule has 0 saturated heterocycles. The summed E-state index contributed by atoms with van der Waals surface area (Å²) in [6, 6.07) is 24.4. The predicted molar refractivity (Wildman–Crippen MR) is 109 cm³/mol. The van der Waals surface area contributed by atoms with Crippen LogP contribution < -0.4 is 0 Å². The molecule has 0 N–H and O–H groups in total. The molecule has 0 bridgehead atoms. The van der Waals surface area contributed by atoms with Crippen LogP contribution in [-0.4, -0.2) is 0 Å². The average Bonchev–Trinajstić information content (AvgIpc) is 2.52. The zero-order valence-corrected chi connectivity index (χ0v) is 17.8. The van der Waals surface area contributed by atoms with Gasteiger partial charge in [0.15, 0.2) is 0 Å². The second-order valence-electron chi connectivity index (χ2n) is 4.37. The Kier molecular flexibility index (Phi) is 7.35. The Balaban J connectivity index is 0.000000188. The lowest BCUT2D eigenvalue weighted by Crippen LogP contribution is -1.80. The van der Waals surface area contributed by atoms with Crippen molar-refractivity contribution in [1.29, 1.82) is 0 Å². The molecular formula is C18H12Br4. The van der Waals surface area contributed by atoms with Crippen LogP contribution in [0.3, 0.4) is 0 Å². The Bertz CT molecular complexity index is 689. The van der Waals surface area contributed by atoms with Crippen LogP contribution in [-0.2, 0) is 0 Å². The maximum Gasteiger partial charge on any atom is 0.0317 e. The van der Waals surface area contributed by atoms with Crippen molar-refractivity contribution in [2.24, 2.45) is 0 Å². The molecule has 0 fully saturated rings. The highest BCUT2D eigenvalue weighted by Crippen LogP contribution is 2.32. The van der Waals surface area contributed by atoms with Gasteiger partial charge in [-0.1, -0.05) is 80.4 Å². The maximum absolute atomic E-state index is 3.55. The summed E-state index contributed by atoms with van der Waals surface area (Å²) in [6.07, 6.45) is 0. The lowest BCUT2D eigenvalue weighted by atomic mass is 10.1. The molecular weight excluding hydrogens is 536 g/mol. The molecule has 112 valence electrons. The van der Waals surface area contributed by atoms with Gasteiger partial charge in [-0.05, 0) is 67.3 Å². The molecule has 3 aromatic rings. The maximum atomic E-state index is 3.55. The van der Waals surface area contributed by atoms with Crippen molar-refractivity contribution < 1.29 is 0 Å². The Labute approximate surface area is 164 Å². The third-order valence-corrected chi connectivity index (χ3v) is 6.16. The number of benzene rings is 3. The third-order valence-electron chi connectivity index (χ3n) is 2.86. The van der Waals surface area contributed by atoms with Gasteiger partial charge in [-0.2, -0.15) is 0 Å². The van der Waals surface area contributed by atoms with Gasteiger partial charge in [-0.3, -0.25) is 0 Å². The first-order chi connectivity index (χ1) is 10.6. The third kappa shape index (κ3) is 5.05. The van der Waals surface area contributed by atoms with Crippen LogP contribution in [0, 0.1) is 0 Å². The summed E-state index contributed by atoms with van der Waals surface area (Å²) in [5.41, 5.74) is 2.42. The van der Waals surface area contributed by atoms with Gasteiger partial charge in [0.05, 0.1) is 0 Å². The standard InChI is InChI=1S/C12H8Br2.C6H4Br2/c13-11-7-3-1-5-9(11)10-6-2-4-8-12(10)14;7-5-3-1-2-4-6(5)8/h1-8H;1-4H. The normalized spacial score (nSPS) is 9.82. The fourth-order valence-electron chi connectivity index (χ4n) is 1.80. The van der Waals surface area contributed by atoms with Crippen molar-refractivity contribution in [2.75, 3.05) is 0 Å². The van der Waals surface area contributed by atoms with Crippen LogP contribution in [0.4, 0.5) is 0 Å². The molecule has 0 amide bonds. The van der Waals surface area contributed by atoms with E-state index in [-0.39, 0.29) is 0 Å². The molecule has 0 aliphatic rings. The highest BCUT2D eigenvalue weighted by atomic mass is 79.9. The largest absolute Gasteiger partial charge is 0.0616 e. The second kappa shape index (κ2) is 9.02. The van der Waals surface area contributed by atoms with Crippen molar-refractivity contribution in [3.63, 3.8) is 0 Å². The topological polar surface area (TPSA) is 0 Å². The lowest BCUT2D eigenvalue weighted by molar-refractivity contribution is 1.56. The molecule has 3 rings (SSSR count). The quantitative estimate of drug-likeness (QED) is 0.289. The van der Waals surface area contributed by atoms with Gasteiger partial charge >= 0.3 is 0 Å². The molecule has 4 heteroatoms. The van der Waals surface area contributed by atoms with Crippen LogP contribution >= 0.6 is 63.7 Å². The first-order valence-corrected chi connectivity index (χ1v) is 9.66. The molecule has 0 saturated carbocycles. The number of rotatable bonds is 1. The average molecular weight is 548 g/mol. The monoisotopic (exact) mass is 544 g/mol. The van der Waals surface area contributed by atoms with Gasteiger partial charge in [0.2, 0.25) is 0 Å². The van der Waals surface area contributed by atoms with Crippen LogP contribution in [0.25, 0.3) is 11.1 Å². The molecule has 0 nitrogen and oxygen atoms in total. The lowest BCUT2D eigenvalue weighted by Gasteiger charge is -2.06. The summed E-state index contributed by atoms with van der Waals surface area (Å²) in [7, 11) is 0. The van der Waals surface area contributed by atoms with Crippen LogP contribution in [0.2, 0.25) is 0 Å². The van der Waals surface area contributed by atoms with E-state index in [0.29, 0.717) is 0 Å². The van der Waals surface area contributed by atoms with Gasteiger partial charge in [-0.15, -0.1) is 0 Å². The molecule has 0 heterocycles. The summed E-state index contributed by atoms with van der Waals surface area (Å²) >= 11 is 13.8. The zero-order valence-electron chi connectivity index (χ0n) is 11.4. The fourth-order valence-corrected chi connectivity index (χ4v) is 3.36. The van der Waals surface area contributed by atoms with E-state index in [0.717, 1.165) is 17.9 Å². The predicted octanol–water partition coefficient (Wildman–Crippen LogP) is 8.09. The molecule has 0 aliphatic heterocycles. The summed E-state index contributed by atoms with van der Waals surface area (Å²) in [4.78, 5) is 0. The van der Waals surface area contributed by atoms with Crippen molar-refractivity contribution >= 4 is 63.7 Å². The van der Waals surface area contributed by atoms with Crippen molar-refractivity contribution in [1.82, 2.24) is 0 Å². The van der Waals surface area contributed by atoms with Crippen molar-refractivity contribution in [3.05, 3.63) is 90.7 Å². The minimum absolute atomic E-state index is 1.10. The van der Waals surface area contributed by atoms with Crippen molar-refractivity contribution in [3.8, 4) is 11.1 Å². The number of halogens is 4. The summed E-state index contributed by atoms with van der Waals surface area (Å²) in [6.45, 7) is 0. The van der Waals surface area contributed by atoms with Crippen molar-refractivity contribution in [2.45, 2.75) is 0 Å². The van der Waals surface area contributed by atoms with E-state index in [4.69, 9.17) is 0 Å². The van der Waals surface area contributed by atoms with Gasteiger partial charge in [0.1, 0.15) is 0 Å². The molecule has 0 aromatic heterocycles. The Morgan fingerprint density at radius 3 is 0.909 bits per heavy atom. The van der Waals surface area contributed by atoms with Gasteiger partial charge < -0.3 is 0 Å². The summed E-state index contributed by atoms with van der Waals surface area (Å²) in [5.74, 6) is 0. The van der Waals surface area contributed by atoms with Crippen LogP contribution in [0.5, 0.6) is 0 Å². The Morgan fingerprint density at radius 2 is 0.636 bits per heavy atom. The van der Waals surface area contributed by atoms with E-state index in [1.54, 1.807) is 0 Å². The number of hydrogen-bond acceptors (Lipinski definition) is 0. The highest BCUT2D eigenvalue weighted by molar-refractivity contribution is 9.13. The van der Waals surface area contributed by atoms with Gasteiger partial charge in [-0.25, -0.2) is 0 Å². The van der Waals surface area contributed by atoms with Crippen LogP contribution in [0.15, 0.2) is 90.7 Å². The highest BCUT2D eigenvalue weighted by Gasteiger charge is 2.04. The SMILES string of the molecule is Brc1ccccc1-c1ccccc1Br.Brc1ccccc1Br.